The van der Waals surface area contributed by atoms with Gasteiger partial charge in [-0.05, 0) is 54.7 Å². The number of aryl methyl sites for hydroxylation is 2. The van der Waals surface area contributed by atoms with Crippen molar-refractivity contribution < 1.29 is 9.53 Å². The largest absolute Gasteiger partial charge is 0.438 e. The molecule has 1 aliphatic heterocycles. The molecule has 0 unspecified atom stereocenters. The van der Waals surface area contributed by atoms with Crippen LogP contribution in [0.15, 0.2) is 52.3 Å². The molecule has 1 fully saturated rings. The first-order valence-electron chi connectivity index (χ1n) is 10.8. The number of carbonyl (C=O) groups excluding carboxylic acids is 1. The quantitative estimate of drug-likeness (QED) is 0.357. The van der Waals surface area contributed by atoms with Crippen molar-refractivity contribution in [1.29, 1.82) is 0 Å². The summed E-state index contributed by atoms with van der Waals surface area (Å²) in [5, 5.41) is 0. The van der Waals surface area contributed by atoms with E-state index in [-0.39, 0.29) is 28.8 Å². The standard InChI is InChI=1S/C25H25N3O3S2/c1-5-17-8-10-18(11-9-17)31-22-19(23(29)27-12-6-7-16(4)21(27)26-22)13-20-24(30)28(14-15(2)3)25(32)33-20/h6-13,15H,5,14H2,1-4H3/b20-13+. The summed E-state index contributed by atoms with van der Waals surface area (Å²) < 4.78 is 8.04. The number of carbonyl (C=O) groups is 1. The highest BCUT2D eigenvalue weighted by atomic mass is 32.2. The van der Waals surface area contributed by atoms with Gasteiger partial charge in [0.25, 0.3) is 11.5 Å². The Morgan fingerprint density at radius 2 is 1.91 bits per heavy atom. The van der Waals surface area contributed by atoms with E-state index in [1.54, 1.807) is 23.2 Å². The molecule has 6 nitrogen and oxygen atoms in total. The predicted molar refractivity (Wildman–Crippen MR) is 137 cm³/mol. The molecule has 1 aromatic carbocycles. The molecule has 2 aromatic heterocycles. The summed E-state index contributed by atoms with van der Waals surface area (Å²) in [6.45, 7) is 8.56. The van der Waals surface area contributed by atoms with Crippen LogP contribution in [0.1, 0.15) is 37.5 Å². The van der Waals surface area contributed by atoms with Crippen LogP contribution >= 0.6 is 24.0 Å². The minimum Gasteiger partial charge on any atom is -0.438 e. The summed E-state index contributed by atoms with van der Waals surface area (Å²) in [6.07, 6.45) is 4.14. The minimum atomic E-state index is -0.307. The zero-order valence-electron chi connectivity index (χ0n) is 19.0. The fourth-order valence-electron chi connectivity index (χ4n) is 3.55. The molecule has 8 heteroatoms. The molecule has 0 bridgehead atoms. The number of aromatic nitrogens is 2. The number of ether oxygens (including phenoxy) is 1. The van der Waals surface area contributed by atoms with Crippen molar-refractivity contribution in [1.82, 2.24) is 14.3 Å². The lowest BCUT2D eigenvalue weighted by Gasteiger charge is -2.16. The van der Waals surface area contributed by atoms with Gasteiger partial charge in [0.05, 0.1) is 4.91 Å². The predicted octanol–water partition coefficient (Wildman–Crippen LogP) is 5.21. The normalized spacial score (nSPS) is 15.3. The summed E-state index contributed by atoms with van der Waals surface area (Å²) in [7, 11) is 0. The molecular formula is C25H25N3O3S2. The fraction of sp³-hybridized carbons (Fsp3) is 0.280. The smallest absolute Gasteiger partial charge is 0.269 e. The molecule has 0 aliphatic carbocycles. The van der Waals surface area contributed by atoms with Gasteiger partial charge in [0, 0.05) is 12.7 Å². The topological polar surface area (TPSA) is 63.9 Å². The third-order valence-electron chi connectivity index (χ3n) is 5.29. The van der Waals surface area contributed by atoms with Crippen LogP contribution in [0, 0.1) is 12.8 Å². The Morgan fingerprint density at radius 1 is 1.18 bits per heavy atom. The van der Waals surface area contributed by atoms with Gasteiger partial charge in [0.1, 0.15) is 21.3 Å². The molecular weight excluding hydrogens is 454 g/mol. The van der Waals surface area contributed by atoms with E-state index in [4.69, 9.17) is 17.0 Å². The highest BCUT2D eigenvalue weighted by Gasteiger charge is 2.33. The van der Waals surface area contributed by atoms with Gasteiger partial charge < -0.3 is 4.74 Å². The number of pyridine rings is 1. The first kappa shape index (κ1) is 23.2. The summed E-state index contributed by atoms with van der Waals surface area (Å²) >= 11 is 6.61. The van der Waals surface area contributed by atoms with Crippen molar-refractivity contribution >= 4 is 45.9 Å². The van der Waals surface area contributed by atoms with Gasteiger partial charge in [0.2, 0.25) is 5.88 Å². The van der Waals surface area contributed by atoms with Crippen molar-refractivity contribution in [3.63, 3.8) is 0 Å². The second-order valence-corrected chi connectivity index (χ2v) is 9.98. The van der Waals surface area contributed by atoms with E-state index in [1.165, 1.54) is 21.7 Å². The molecule has 3 aromatic rings. The number of rotatable bonds is 6. The molecule has 33 heavy (non-hydrogen) atoms. The maximum atomic E-state index is 13.5. The Balaban J connectivity index is 1.84. The first-order chi connectivity index (χ1) is 15.8. The fourth-order valence-corrected chi connectivity index (χ4v) is 4.81. The highest BCUT2D eigenvalue weighted by Crippen LogP contribution is 2.34. The van der Waals surface area contributed by atoms with Crippen LogP contribution in [-0.2, 0) is 11.2 Å². The second-order valence-electron chi connectivity index (χ2n) is 8.31. The van der Waals surface area contributed by atoms with Gasteiger partial charge in [-0.3, -0.25) is 18.9 Å². The van der Waals surface area contributed by atoms with Gasteiger partial charge in [-0.1, -0.05) is 63.0 Å². The van der Waals surface area contributed by atoms with Crippen molar-refractivity contribution in [2.24, 2.45) is 5.92 Å². The van der Waals surface area contributed by atoms with E-state index in [2.05, 4.69) is 11.9 Å². The second kappa shape index (κ2) is 9.49. The van der Waals surface area contributed by atoms with Gasteiger partial charge in [0.15, 0.2) is 0 Å². The van der Waals surface area contributed by atoms with Crippen molar-refractivity contribution in [3.8, 4) is 11.6 Å². The molecule has 1 amide bonds. The van der Waals surface area contributed by atoms with Crippen LogP contribution in [0.2, 0.25) is 0 Å². The van der Waals surface area contributed by atoms with E-state index in [0.29, 0.717) is 27.2 Å². The zero-order valence-corrected chi connectivity index (χ0v) is 20.6. The average molecular weight is 480 g/mol. The highest BCUT2D eigenvalue weighted by molar-refractivity contribution is 8.26. The number of fused-ring (bicyclic) bond motifs is 1. The molecule has 0 spiro atoms. The lowest BCUT2D eigenvalue weighted by molar-refractivity contribution is -0.122. The third kappa shape index (κ3) is 4.72. The van der Waals surface area contributed by atoms with Gasteiger partial charge in [-0.25, -0.2) is 0 Å². The maximum absolute atomic E-state index is 13.5. The maximum Gasteiger partial charge on any atom is 0.269 e. The van der Waals surface area contributed by atoms with Gasteiger partial charge >= 0.3 is 0 Å². The van der Waals surface area contributed by atoms with Crippen LogP contribution in [0.25, 0.3) is 11.7 Å². The van der Waals surface area contributed by atoms with Crippen LogP contribution < -0.4 is 10.3 Å². The minimum absolute atomic E-state index is 0.160. The van der Waals surface area contributed by atoms with Crippen LogP contribution in [0.4, 0.5) is 0 Å². The summed E-state index contributed by atoms with van der Waals surface area (Å²) in [5.41, 5.74) is 2.43. The van der Waals surface area contributed by atoms with Crippen molar-refractivity contribution in [3.05, 3.63) is 74.5 Å². The molecule has 170 valence electrons. The lowest BCUT2D eigenvalue weighted by Crippen LogP contribution is -2.31. The van der Waals surface area contributed by atoms with Gasteiger partial charge in [-0.15, -0.1) is 0 Å². The molecule has 1 saturated heterocycles. The SMILES string of the molecule is CCc1ccc(Oc2nc3c(C)cccn3c(=O)c2/C=C2/SC(=S)N(CC(C)C)C2=O)cc1. The molecule has 0 radical (unpaired) electrons. The van der Waals surface area contributed by atoms with Crippen LogP contribution in [0.5, 0.6) is 11.6 Å². The Morgan fingerprint density at radius 3 is 2.58 bits per heavy atom. The monoisotopic (exact) mass is 479 g/mol. The number of hydrogen-bond donors (Lipinski definition) is 0. The van der Waals surface area contributed by atoms with Crippen molar-refractivity contribution in [2.45, 2.75) is 34.1 Å². The van der Waals surface area contributed by atoms with E-state index >= 15 is 0 Å². The lowest BCUT2D eigenvalue weighted by atomic mass is 10.2. The molecule has 3 heterocycles. The van der Waals surface area contributed by atoms with E-state index < -0.39 is 0 Å². The third-order valence-corrected chi connectivity index (χ3v) is 6.67. The zero-order chi connectivity index (χ0) is 23.7. The Kier molecular flexibility index (Phi) is 6.67. The average Bonchev–Trinajstić information content (AvgIpc) is 3.04. The Labute approximate surface area is 202 Å². The van der Waals surface area contributed by atoms with E-state index in [1.807, 2.05) is 51.1 Å². The van der Waals surface area contributed by atoms with Crippen LogP contribution in [-0.4, -0.2) is 31.1 Å². The number of nitrogens with zero attached hydrogens (tertiary/aromatic N) is 3. The molecule has 4 rings (SSSR count). The van der Waals surface area contributed by atoms with E-state index in [9.17, 15) is 9.59 Å². The molecule has 0 atom stereocenters. The summed E-state index contributed by atoms with van der Waals surface area (Å²) in [5.74, 6) is 0.796. The number of benzene rings is 1. The number of amides is 1. The number of hydrogen-bond acceptors (Lipinski definition) is 6. The van der Waals surface area contributed by atoms with E-state index in [0.717, 1.165) is 12.0 Å². The Bertz CT molecular complexity index is 1330. The summed E-state index contributed by atoms with van der Waals surface area (Å²) in [4.78, 5) is 33.1. The number of thiocarbonyl (C=S) groups is 1. The molecule has 0 N–H and O–H groups in total. The molecule has 1 aliphatic rings. The Hall–Kier alpha value is -2.97. The number of thioether (sulfide) groups is 1. The first-order valence-corrected chi connectivity index (χ1v) is 12.0. The van der Waals surface area contributed by atoms with Crippen molar-refractivity contribution in [2.75, 3.05) is 6.54 Å². The van der Waals surface area contributed by atoms with Gasteiger partial charge in [-0.2, -0.15) is 4.98 Å². The molecule has 0 saturated carbocycles. The van der Waals surface area contributed by atoms with Crippen LogP contribution in [0.3, 0.4) is 0 Å². The summed E-state index contributed by atoms with van der Waals surface area (Å²) in [6, 6.07) is 11.3.